The van der Waals surface area contributed by atoms with E-state index in [1.165, 1.54) is 16.2 Å². The summed E-state index contributed by atoms with van der Waals surface area (Å²) in [7, 11) is 0. The van der Waals surface area contributed by atoms with Crippen LogP contribution in [0.4, 0.5) is 16.2 Å². The summed E-state index contributed by atoms with van der Waals surface area (Å²) >= 11 is 11.0. The molecule has 4 rings (SSSR count). The molecular formula is C18H18BrClN4O4S. The van der Waals surface area contributed by atoms with Crippen molar-refractivity contribution in [2.45, 2.75) is 25.1 Å². The molecule has 11 heteroatoms. The Bertz CT molecular complexity index is 942. The predicted molar refractivity (Wildman–Crippen MR) is 113 cm³/mol. The highest BCUT2D eigenvalue weighted by Gasteiger charge is 2.33. The summed E-state index contributed by atoms with van der Waals surface area (Å²) in [5.41, 5.74) is 1.21. The molecule has 8 nitrogen and oxygen atoms in total. The van der Waals surface area contributed by atoms with Gasteiger partial charge in [-0.3, -0.25) is 15.0 Å². The minimum atomic E-state index is -0.896. The summed E-state index contributed by atoms with van der Waals surface area (Å²) in [4.78, 5) is 32.3. The second-order valence-corrected chi connectivity index (χ2v) is 9.49. The largest absolute Gasteiger partial charge is 0.449 e. The van der Waals surface area contributed by atoms with Crippen LogP contribution in [0.1, 0.15) is 23.9 Å². The van der Waals surface area contributed by atoms with Gasteiger partial charge in [-0.05, 0) is 40.5 Å². The Morgan fingerprint density at radius 2 is 2.21 bits per heavy atom. The molecule has 0 saturated carbocycles. The van der Waals surface area contributed by atoms with E-state index in [-0.39, 0.29) is 18.4 Å². The van der Waals surface area contributed by atoms with Crippen LogP contribution in [0.25, 0.3) is 0 Å². The van der Waals surface area contributed by atoms with E-state index in [1.54, 1.807) is 29.3 Å². The van der Waals surface area contributed by atoms with E-state index in [2.05, 4.69) is 26.2 Å². The number of nitrogens with zero attached hydrogens (tertiary/aromatic N) is 3. The fourth-order valence-corrected chi connectivity index (χ4v) is 4.94. The lowest BCUT2D eigenvalue weighted by atomic mass is 10.2. The zero-order valence-corrected chi connectivity index (χ0v) is 18.3. The molecule has 0 radical (unpaired) electrons. The minimum absolute atomic E-state index is 0.0682. The van der Waals surface area contributed by atoms with Crippen molar-refractivity contribution in [3.63, 3.8) is 0 Å². The molecule has 2 aromatic rings. The fourth-order valence-electron chi connectivity index (χ4n) is 3.42. The third kappa shape index (κ3) is 4.41. The van der Waals surface area contributed by atoms with Crippen LogP contribution in [0.15, 0.2) is 28.3 Å². The van der Waals surface area contributed by atoms with Crippen LogP contribution in [0, 0.1) is 0 Å². The molecule has 2 N–H and O–H groups in total. The molecule has 2 fully saturated rings. The van der Waals surface area contributed by atoms with E-state index >= 15 is 0 Å². The number of aliphatic hydroxyl groups is 1. The number of carbonyl (C=O) groups excluding carboxylic acids is 2. The average Bonchev–Trinajstić information content (AvgIpc) is 3.28. The first-order valence-corrected chi connectivity index (χ1v) is 11.0. The van der Waals surface area contributed by atoms with Gasteiger partial charge in [-0.25, -0.2) is 9.78 Å². The Labute approximate surface area is 184 Å². The molecule has 0 spiro atoms. The van der Waals surface area contributed by atoms with Crippen LogP contribution in [0.3, 0.4) is 0 Å². The summed E-state index contributed by atoms with van der Waals surface area (Å²) < 4.78 is 5.75. The van der Waals surface area contributed by atoms with Gasteiger partial charge in [0.25, 0.3) is 0 Å². The number of hydrogen-bond donors (Lipinski definition) is 2. The summed E-state index contributed by atoms with van der Waals surface area (Å²) in [6, 6.07) is 4.95. The van der Waals surface area contributed by atoms with Crippen LogP contribution in [-0.2, 0) is 9.53 Å². The fraction of sp³-hybridized carbons (Fsp3) is 0.389. The molecule has 154 valence electrons. The number of hydrogen-bond acceptors (Lipinski definition) is 7. The maximum atomic E-state index is 12.5. The number of rotatable bonds is 5. The number of aromatic nitrogens is 1. The average molecular weight is 502 g/mol. The van der Waals surface area contributed by atoms with Crippen molar-refractivity contribution in [3.8, 4) is 0 Å². The van der Waals surface area contributed by atoms with Crippen LogP contribution < -0.4 is 15.1 Å². The first kappa shape index (κ1) is 20.5. The Morgan fingerprint density at radius 3 is 2.90 bits per heavy atom. The lowest BCUT2D eigenvalue weighted by Crippen LogP contribution is -2.38. The number of aliphatic hydroxyl groups excluding tert-OH is 1. The first-order valence-electron chi connectivity index (χ1n) is 9.02. The number of halogens is 2. The molecule has 3 heterocycles. The van der Waals surface area contributed by atoms with Crippen molar-refractivity contribution < 1.29 is 19.4 Å². The topological polar surface area (TPSA) is 95.0 Å². The molecule has 0 bridgehead atoms. The van der Waals surface area contributed by atoms with Crippen molar-refractivity contribution in [2.75, 3.05) is 29.5 Å². The van der Waals surface area contributed by atoms with Gasteiger partial charge in [-0.15, -0.1) is 11.3 Å². The van der Waals surface area contributed by atoms with E-state index in [0.29, 0.717) is 44.9 Å². The standard InChI is InChI=1S/C18H18BrClN4O4S/c19-17-21-8-14(29-17)16(26)22-10-6-15(25)24(9-10)11-2-3-13(12(20)7-11)23-4-1-5-28-18(23)27/h2-3,7-8,10,16,22,26H,1,4-6,9H2. The van der Waals surface area contributed by atoms with E-state index in [0.717, 1.165) is 6.42 Å². The molecular weight excluding hydrogens is 484 g/mol. The number of carbonyl (C=O) groups is 2. The molecule has 1 aromatic carbocycles. The Morgan fingerprint density at radius 1 is 1.38 bits per heavy atom. The molecule has 2 aliphatic rings. The number of thiazole rings is 1. The van der Waals surface area contributed by atoms with Crippen LogP contribution >= 0.6 is 38.9 Å². The molecule has 2 aliphatic heterocycles. The van der Waals surface area contributed by atoms with Gasteiger partial charge in [0.2, 0.25) is 5.91 Å². The van der Waals surface area contributed by atoms with Crippen LogP contribution in [0.2, 0.25) is 5.02 Å². The lowest BCUT2D eigenvalue weighted by Gasteiger charge is -2.28. The highest BCUT2D eigenvalue weighted by Crippen LogP contribution is 2.33. The van der Waals surface area contributed by atoms with Crippen LogP contribution in [0.5, 0.6) is 0 Å². The van der Waals surface area contributed by atoms with Gasteiger partial charge in [0.05, 0.1) is 22.2 Å². The van der Waals surface area contributed by atoms with Crippen molar-refractivity contribution in [2.24, 2.45) is 0 Å². The first-order chi connectivity index (χ1) is 13.9. The van der Waals surface area contributed by atoms with Crippen molar-refractivity contribution in [3.05, 3.63) is 38.2 Å². The number of benzene rings is 1. The number of nitrogens with one attached hydrogen (secondary N) is 1. The number of amides is 2. The number of cyclic esters (lactones) is 1. The van der Waals surface area contributed by atoms with E-state index in [9.17, 15) is 14.7 Å². The zero-order chi connectivity index (χ0) is 20.5. The molecule has 2 unspecified atom stereocenters. The van der Waals surface area contributed by atoms with Gasteiger partial charge in [0, 0.05) is 37.4 Å². The second-order valence-electron chi connectivity index (χ2n) is 6.75. The third-order valence-electron chi connectivity index (χ3n) is 4.79. The van der Waals surface area contributed by atoms with Gasteiger partial charge in [0.15, 0.2) is 3.92 Å². The summed E-state index contributed by atoms with van der Waals surface area (Å²) in [6.45, 7) is 1.35. The summed E-state index contributed by atoms with van der Waals surface area (Å²) in [6.07, 6.45) is 1.27. The van der Waals surface area contributed by atoms with Gasteiger partial charge < -0.3 is 14.7 Å². The van der Waals surface area contributed by atoms with Gasteiger partial charge in [0.1, 0.15) is 6.23 Å². The van der Waals surface area contributed by atoms with Crippen molar-refractivity contribution in [1.29, 1.82) is 0 Å². The summed E-state index contributed by atoms with van der Waals surface area (Å²) in [5, 5.41) is 13.8. The molecule has 0 aliphatic carbocycles. The molecule has 1 aromatic heterocycles. The van der Waals surface area contributed by atoms with Crippen molar-refractivity contribution >= 4 is 62.2 Å². The van der Waals surface area contributed by atoms with E-state index < -0.39 is 12.3 Å². The smallest absolute Gasteiger partial charge is 0.414 e. The quantitative estimate of drug-likeness (QED) is 0.611. The predicted octanol–water partition coefficient (Wildman–Crippen LogP) is 3.29. The Balaban J connectivity index is 1.45. The molecule has 29 heavy (non-hydrogen) atoms. The molecule has 2 amide bonds. The lowest BCUT2D eigenvalue weighted by molar-refractivity contribution is -0.117. The highest BCUT2D eigenvalue weighted by atomic mass is 79.9. The molecule has 2 atom stereocenters. The zero-order valence-electron chi connectivity index (χ0n) is 15.2. The van der Waals surface area contributed by atoms with Gasteiger partial charge in [-0.2, -0.15) is 0 Å². The van der Waals surface area contributed by atoms with E-state index in [4.69, 9.17) is 16.3 Å². The Kier molecular flexibility index (Phi) is 6.07. The molecule has 2 saturated heterocycles. The van der Waals surface area contributed by atoms with Gasteiger partial charge >= 0.3 is 6.09 Å². The third-order valence-corrected chi connectivity index (χ3v) is 6.62. The Hall–Kier alpha value is -1.72. The SMILES string of the molecule is O=C1CC(NC(O)c2cnc(Br)s2)CN1c1ccc(N2CCCOC2=O)c(Cl)c1. The maximum Gasteiger partial charge on any atom is 0.414 e. The van der Waals surface area contributed by atoms with Gasteiger partial charge in [-0.1, -0.05) is 11.6 Å². The highest BCUT2D eigenvalue weighted by molar-refractivity contribution is 9.11. The minimum Gasteiger partial charge on any atom is -0.449 e. The maximum absolute atomic E-state index is 12.5. The number of ether oxygens (including phenoxy) is 1. The number of anilines is 2. The monoisotopic (exact) mass is 500 g/mol. The normalized spacial score (nSPS) is 20.9. The van der Waals surface area contributed by atoms with Crippen molar-refractivity contribution in [1.82, 2.24) is 10.3 Å². The summed E-state index contributed by atoms with van der Waals surface area (Å²) in [5.74, 6) is -0.0682. The van der Waals surface area contributed by atoms with Crippen LogP contribution in [-0.4, -0.2) is 47.8 Å². The van der Waals surface area contributed by atoms with E-state index in [1.807, 2.05) is 0 Å². The second kappa shape index (κ2) is 8.57.